The molecule has 3 rings (SSSR count). The number of fused-ring (bicyclic) bond motifs is 1. The Morgan fingerprint density at radius 2 is 1.86 bits per heavy atom. The van der Waals surface area contributed by atoms with Crippen molar-refractivity contribution < 1.29 is 0 Å². The standard InChI is InChI=1S/C16H13Cl3N2/c1-10-3-2-4-11(5-10)9-21-15-7-13(19)12(18)6-14(15)20-16(21)8-17/h2-7H,8-9H2,1H3. The lowest BCUT2D eigenvalue weighted by atomic mass is 10.1. The molecule has 0 aliphatic carbocycles. The average Bonchev–Trinajstić information content (AvgIpc) is 2.77. The van der Waals surface area contributed by atoms with Crippen molar-refractivity contribution in [1.82, 2.24) is 9.55 Å². The van der Waals surface area contributed by atoms with Crippen molar-refractivity contribution >= 4 is 45.8 Å². The molecule has 0 radical (unpaired) electrons. The van der Waals surface area contributed by atoms with Gasteiger partial charge in [-0.1, -0.05) is 53.0 Å². The highest BCUT2D eigenvalue weighted by Crippen LogP contribution is 2.29. The average molecular weight is 340 g/mol. The van der Waals surface area contributed by atoms with Gasteiger partial charge in [0.1, 0.15) is 5.82 Å². The third-order valence-corrected chi connectivity index (χ3v) is 4.37. The summed E-state index contributed by atoms with van der Waals surface area (Å²) < 4.78 is 2.08. The normalized spacial score (nSPS) is 11.2. The van der Waals surface area contributed by atoms with E-state index in [2.05, 4.69) is 34.7 Å². The van der Waals surface area contributed by atoms with E-state index in [9.17, 15) is 0 Å². The van der Waals surface area contributed by atoms with E-state index < -0.39 is 0 Å². The van der Waals surface area contributed by atoms with Crippen LogP contribution in [-0.4, -0.2) is 9.55 Å². The monoisotopic (exact) mass is 338 g/mol. The lowest BCUT2D eigenvalue weighted by molar-refractivity contribution is 0.778. The fraction of sp³-hybridized carbons (Fsp3) is 0.188. The van der Waals surface area contributed by atoms with Gasteiger partial charge >= 0.3 is 0 Å². The lowest BCUT2D eigenvalue weighted by Gasteiger charge is -2.09. The highest BCUT2D eigenvalue weighted by molar-refractivity contribution is 6.42. The van der Waals surface area contributed by atoms with Gasteiger partial charge in [-0.15, -0.1) is 11.6 Å². The van der Waals surface area contributed by atoms with Gasteiger partial charge in [-0.05, 0) is 24.6 Å². The minimum Gasteiger partial charge on any atom is -0.322 e. The van der Waals surface area contributed by atoms with Gasteiger partial charge in [0.2, 0.25) is 0 Å². The number of alkyl halides is 1. The van der Waals surface area contributed by atoms with Crippen LogP contribution >= 0.6 is 34.8 Å². The molecule has 0 aliphatic rings. The third kappa shape index (κ3) is 2.89. The molecule has 0 saturated heterocycles. The molecule has 0 N–H and O–H groups in total. The van der Waals surface area contributed by atoms with E-state index in [0.29, 0.717) is 22.5 Å². The molecule has 0 aliphatic heterocycles. The van der Waals surface area contributed by atoms with Crippen LogP contribution in [0.3, 0.4) is 0 Å². The minimum atomic E-state index is 0.343. The largest absolute Gasteiger partial charge is 0.322 e. The summed E-state index contributed by atoms with van der Waals surface area (Å²) in [6.07, 6.45) is 0. The molecule has 2 nitrogen and oxygen atoms in total. The van der Waals surface area contributed by atoms with Gasteiger partial charge in [0, 0.05) is 6.54 Å². The number of imidazole rings is 1. The Hall–Kier alpha value is -1.22. The molecule has 1 heterocycles. The summed E-state index contributed by atoms with van der Waals surface area (Å²) in [5.74, 6) is 1.15. The van der Waals surface area contributed by atoms with Gasteiger partial charge in [-0.3, -0.25) is 0 Å². The van der Waals surface area contributed by atoms with Crippen LogP contribution in [0.25, 0.3) is 11.0 Å². The molecule has 21 heavy (non-hydrogen) atoms. The van der Waals surface area contributed by atoms with Crippen molar-refractivity contribution in [2.45, 2.75) is 19.3 Å². The van der Waals surface area contributed by atoms with Crippen molar-refractivity contribution in [3.8, 4) is 0 Å². The van der Waals surface area contributed by atoms with Gasteiger partial charge in [-0.2, -0.15) is 0 Å². The third-order valence-electron chi connectivity index (χ3n) is 3.41. The number of hydrogen-bond donors (Lipinski definition) is 0. The number of nitrogens with zero attached hydrogens (tertiary/aromatic N) is 2. The zero-order valence-electron chi connectivity index (χ0n) is 11.4. The molecule has 0 fully saturated rings. The summed E-state index contributed by atoms with van der Waals surface area (Å²) in [5, 5.41) is 1.03. The first-order chi connectivity index (χ1) is 10.1. The van der Waals surface area contributed by atoms with Crippen LogP contribution in [0.2, 0.25) is 10.0 Å². The van der Waals surface area contributed by atoms with E-state index in [0.717, 1.165) is 16.9 Å². The van der Waals surface area contributed by atoms with E-state index in [4.69, 9.17) is 34.8 Å². The highest BCUT2D eigenvalue weighted by Gasteiger charge is 2.13. The first-order valence-corrected chi connectivity index (χ1v) is 7.83. The molecular weight excluding hydrogens is 327 g/mol. The molecule has 0 atom stereocenters. The van der Waals surface area contributed by atoms with E-state index in [-0.39, 0.29) is 0 Å². The van der Waals surface area contributed by atoms with Crippen LogP contribution in [0.5, 0.6) is 0 Å². The molecule has 2 aromatic carbocycles. The summed E-state index contributed by atoms with van der Waals surface area (Å²) in [5.41, 5.74) is 4.19. The first-order valence-electron chi connectivity index (χ1n) is 6.54. The van der Waals surface area contributed by atoms with Crippen LogP contribution in [-0.2, 0) is 12.4 Å². The Kier molecular flexibility index (Phi) is 4.12. The van der Waals surface area contributed by atoms with Crippen LogP contribution in [0.15, 0.2) is 36.4 Å². The second-order valence-electron chi connectivity index (χ2n) is 4.99. The van der Waals surface area contributed by atoms with E-state index in [1.165, 1.54) is 11.1 Å². The van der Waals surface area contributed by atoms with Gasteiger partial charge in [0.15, 0.2) is 0 Å². The van der Waals surface area contributed by atoms with Crippen molar-refractivity contribution in [3.05, 3.63) is 63.4 Å². The number of aryl methyl sites for hydroxylation is 1. The topological polar surface area (TPSA) is 17.8 Å². The van der Waals surface area contributed by atoms with Crippen molar-refractivity contribution in [3.63, 3.8) is 0 Å². The van der Waals surface area contributed by atoms with Crippen molar-refractivity contribution in [2.75, 3.05) is 0 Å². The first kappa shape index (κ1) is 14.7. The molecular formula is C16H13Cl3N2. The van der Waals surface area contributed by atoms with Crippen LogP contribution < -0.4 is 0 Å². The SMILES string of the molecule is Cc1cccc(Cn2c(CCl)nc3cc(Cl)c(Cl)cc32)c1. The quantitative estimate of drug-likeness (QED) is 0.581. The summed E-state index contributed by atoms with van der Waals surface area (Å²) >= 11 is 18.2. The molecule has 0 spiro atoms. The van der Waals surface area contributed by atoms with Crippen LogP contribution in [0.1, 0.15) is 17.0 Å². The zero-order chi connectivity index (χ0) is 15.0. The fourth-order valence-corrected chi connectivity index (χ4v) is 2.96. The maximum absolute atomic E-state index is 6.13. The highest BCUT2D eigenvalue weighted by atomic mass is 35.5. The summed E-state index contributed by atoms with van der Waals surface area (Å²) in [7, 11) is 0. The molecule has 0 amide bonds. The van der Waals surface area contributed by atoms with Gasteiger partial charge in [0.05, 0.1) is 27.0 Å². The smallest absolute Gasteiger partial charge is 0.125 e. The molecule has 0 saturated carbocycles. The maximum atomic E-state index is 6.13. The second-order valence-corrected chi connectivity index (χ2v) is 6.07. The predicted octanol–water partition coefficient (Wildman–Crippen LogP) is 5.44. The van der Waals surface area contributed by atoms with Gasteiger partial charge < -0.3 is 4.57 Å². The molecule has 0 bridgehead atoms. The Morgan fingerprint density at radius 1 is 1.10 bits per heavy atom. The Labute approximate surface area is 138 Å². The Morgan fingerprint density at radius 3 is 2.57 bits per heavy atom. The number of benzene rings is 2. The van der Waals surface area contributed by atoms with E-state index in [1.807, 2.05) is 12.1 Å². The van der Waals surface area contributed by atoms with Crippen LogP contribution in [0, 0.1) is 6.92 Å². The van der Waals surface area contributed by atoms with Crippen LogP contribution in [0.4, 0.5) is 0 Å². The predicted molar refractivity (Wildman–Crippen MR) is 89.6 cm³/mol. The summed E-state index contributed by atoms with van der Waals surface area (Å²) in [4.78, 5) is 4.54. The number of aromatic nitrogens is 2. The maximum Gasteiger partial charge on any atom is 0.125 e. The molecule has 3 aromatic rings. The van der Waals surface area contributed by atoms with Crippen molar-refractivity contribution in [1.29, 1.82) is 0 Å². The Bertz CT molecular complexity index is 809. The fourth-order valence-electron chi connectivity index (χ4n) is 2.44. The second kappa shape index (κ2) is 5.88. The molecule has 108 valence electrons. The Balaban J connectivity index is 2.14. The molecule has 5 heteroatoms. The molecule has 0 unspecified atom stereocenters. The van der Waals surface area contributed by atoms with Gasteiger partial charge in [0.25, 0.3) is 0 Å². The zero-order valence-corrected chi connectivity index (χ0v) is 13.7. The minimum absolute atomic E-state index is 0.343. The number of hydrogen-bond acceptors (Lipinski definition) is 1. The van der Waals surface area contributed by atoms with Crippen molar-refractivity contribution in [2.24, 2.45) is 0 Å². The summed E-state index contributed by atoms with van der Waals surface area (Å²) in [6.45, 7) is 2.78. The number of halogens is 3. The summed E-state index contributed by atoms with van der Waals surface area (Å²) in [6, 6.07) is 12.0. The number of rotatable bonds is 3. The molecule has 1 aromatic heterocycles. The van der Waals surface area contributed by atoms with Gasteiger partial charge in [-0.25, -0.2) is 4.98 Å². The van der Waals surface area contributed by atoms with E-state index in [1.54, 1.807) is 6.07 Å². The lowest BCUT2D eigenvalue weighted by Crippen LogP contribution is -2.04. The van der Waals surface area contributed by atoms with E-state index >= 15 is 0 Å².